The van der Waals surface area contributed by atoms with Crippen LogP contribution in [0.15, 0.2) is 30.3 Å². The zero-order valence-electron chi connectivity index (χ0n) is 10.7. The molecule has 1 saturated carbocycles. The largest absolute Gasteiger partial charge is 0.387 e. The van der Waals surface area contributed by atoms with Gasteiger partial charge in [0.05, 0.1) is 19.3 Å². The Morgan fingerprint density at radius 1 is 1.28 bits per heavy atom. The Morgan fingerprint density at radius 3 is 2.78 bits per heavy atom. The van der Waals surface area contributed by atoms with Crippen molar-refractivity contribution >= 4 is 0 Å². The zero-order chi connectivity index (χ0) is 12.4. The lowest BCUT2D eigenvalue weighted by Crippen LogP contribution is -2.48. The molecule has 18 heavy (non-hydrogen) atoms. The second-order valence-corrected chi connectivity index (χ2v) is 5.40. The molecule has 1 aromatic carbocycles. The molecule has 1 aliphatic heterocycles. The van der Waals surface area contributed by atoms with Crippen LogP contribution in [0, 0.1) is 5.92 Å². The molecule has 3 nitrogen and oxygen atoms in total. The van der Waals surface area contributed by atoms with Gasteiger partial charge in [-0.1, -0.05) is 30.3 Å². The highest BCUT2D eigenvalue weighted by Gasteiger charge is 2.37. The lowest BCUT2D eigenvalue weighted by Gasteiger charge is -2.37. The Balaban J connectivity index is 1.63. The van der Waals surface area contributed by atoms with E-state index in [1.807, 2.05) is 30.3 Å². The number of β-amino-alcohol motifs (C(OH)–C–C–N with tert-alkyl or cyclic N) is 1. The first kappa shape index (κ1) is 12.2. The van der Waals surface area contributed by atoms with Crippen LogP contribution in [0.2, 0.25) is 0 Å². The molecule has 0 aromatic heterocycles. The highest BCUT2D eigenvalue weighted by molar-refractivity contribution is 5.17. The molecule has 1 aliphatic carbocycles. The summed E-state index contributed by atoms with van der Waals surface area (Å²) in [6.07, 6.45) is 2.27. The molecular weight excluding hydrogens is 226 g/mol. The fourth-order valence-electron chi connectivity index (χ4n) is 2.80. The summed E-state index contributed by atoms with van der Waals surface area (Å²) in [7, 11) is 0. The smallest absolute Gasteiger partial charge is 0.0917 e. The molecule has 0 bridgehead atoms. The van der Waals surface area contributed by atoms with E-state index in [0.717, 1.165) is 37.8 Å². The maximum Gasteiger partial charge on any atom is 0.0917 e. The van der Waals surface area contributed by atoms with Gasteiger partial charge in [0.2, 0.25) is 0 Å². The van der Waals surface area contributed by atoms with Crippen molar-refractivity contribution in [1.29, 1.82) is 0 Å². The number of morpholine rings is 1. The maximum atomic E-state index is 10.3. The van der Waals surface area contributed by atoms with E-state index in [2.05, 4.69) is 4.90 Å². The minimum Gasteiger partial charge on any atom is -0.387 e. The lowest BCUT2D eigenvalue weighted by molar-refractivity contribution is -0.0340. The molecule has 0 spiro atoms. The molecule has 0 radical (unpaired) electrons. The minimum atomic E-state index is -0.384. The Hall–Kier alpha value is -0.900. The topological polar surface area (TPSA) is 32.7 Å². The molecular formula is C15H21NO2. The van der Waals surface area contributed by atoms with Crippen LogP contribution in [-0.2, 0) is 4.74 Å². The fourth-order valence-corrected chi connectivity index (χ4v) is 2.80. The van der Waals surface area contributed by atoms with Gasteiger partial charge in [-0.3, -0.25) is 4.90 Å². The number of rotatable bonds is 4. The van der Waals surface area contributed by atoms with Gasteiger partial charge in [0.15, 0.2) is 0 Å². The molecule has 0 amide bonds. The van der Waals surface area contributed by atoms with Crippen molar-refractivity contribution in [3.8, 4) is 0 Å². The van der Waals surface area contributed by atoms with Gasteiger partial charge < -0.3 is 9.84 Å². The van der Waals surface area contributed by atoms with Gasteiger partial charge in [-0.15, -0.1) is 0 Å². The van der Waals surface area contributed by atoms with E-state index in [1.165, 1.54) is 12.8 Å². The average molecular weight is 247 g/mol. The molecule has 1 N–H and O–H groups in total. The van der Waals surface area contributed by atoms with Gasteiger partial charge in [-0.2, -0.15) is 0 Å². The van der Waals surface area contributed by atoms with Crippen molar-refractivity contribution in [2.45, 2.75) is 25.0 Å². The summed E-state index contributed by atoms with van der Waals surface area (Å²) in [4.78, 5) is 2.42. The number of ether oxygens (including phenoxy) is 1. The van der Waals surface area contributed by atoms with Crippen molar-refractivity contribution in [2.24, 2.45) is 5.92 Å². The zero-order valence-corrected chi connectivity index (χ0v) is 10.7. The second-order valence-electron chi connectivity index (χ2n) is 5.40. The highest BCUT2D eigenvalue weighted by Crippen LogP contribution is 2.37. The van der Waals surface area contributed by atoms with E-state index in [0.29, 0.717) is 6.04 Å². The van der Waals surface area contributed by atoms with Crippen LogP contribution in [0.4, 0.5) is 0 Å². The summed E-state index contributed by atoms with van der Waals surface area (Å²) in [5, 5.41) is 10.3. The van der Waals surface area contributed by atoms with Gasteiger partial charge in [-0.25, -0.2) is 0 Å². The normalized spacial score (nSPS) is 27.1. The third-order valence-electron chi connectivity index (χ3n) is 4.04. The number of aliphatic hydroxyl groups is 1. The van der Waals surface area contributed by atoms with Crippen LogP contribution in [0.1, 0.15) is 24.5 Å². The molecule has 3 heteroatoms. The predicted octanol–water partition coefficient (Wildman–Crippen LogP) is 1.83. The first-order valence-corrected chi connectivity index (χ1v) is 6.89. The molecule has 3 rings (SSSR count). The van der Waals surface area contributed by atoms with Crippen molar-refractivity contribution in [2.75, 3.05) is 26.3 Å². The van der Waals surface area contributed by atoms with Gasteiger partial charge in [0.25, 0.3) is 0 Å². The van der Waals surface area contributed by atoms with Gasteiger partial charge in [0, 0.05) is 19.1 Å². The molecule has 2 unspecified atom stereocenters. The Kier molecular flexibility index (Phi) is 3.64. The van der Waals surface area contributed by atoms with Crippen LogP contribution >= 0.6 is 0 Å². The molecule has 2 fully saturated rings. The van der Waals surface area contributed by atoms with E-state index in [9.17, 15) is 5.11 Å². The SMILES string of the molecule is OC(CN1CCOCC1C1CC1)c1ccccc1. The highest BCUT2D eigenvalue weighted by atomic mass is 16.5. The summed E-state index contributed by atoms with van der Waals surface area (Å²) in [5.74, 6) is 0.799. The molecule has 1 saturated heterocycles. The molecule has 1 heterocycles. The number of aliphatic hydroxyl groups excluding tert-OH is 1. The van der Waals surface area contributed by atoms with Gasteiger partial charge in [0.1, 0.15) is 0 Å². The standard InChI is InChI=1S/C15H21NO2/c17-15(13-4-2-1-3-5-13)10-16-8-9-18-11-14(16)12-6-7-12/h1-5,12,14-15,17H,6-11H2. The van der Waals surface area contributed by atoms with Crippen LogP contribution in [0.5, 0.6) is 0 Å². The van der Waals surface area contributed by atoms with Crippen molar-refractivity contribution < 1.29 is 9.84 Å². The molecule has 1 aromatic rings. The van der Waals surface area contributed by atoms with Crippen LogP contribution in [0.3, 0.4) is 0 Å². The number of nitrogens with zero attached hydrogens (tertiary/aromatic N) is 1. The summed E-state index contributed by atoms with van der Waals surface area (Å²) in [6.45, 7) is 3.32. The van der Waals surface area contributed by atoms with E-state index in [-0.39, 0.29) is 6.10 Å². The second kappa shape index (κ2) is 5.39. The van der Waals surface area contributed by atoms with E-state index < -0.39 is 0 Å². The Labute approximate surface area is 108 Å². The van der Waals surface area contributed by atoms with Crippen molar-refractivity contribution in [1.82, 2.24) is 4.90 Å². The number of benzene rings is 1. The first-order valence-electron chi connectivity index (χ1n) is 6.89. The molecule has 2 atom stereocenters. The average Bonchev–Trinajstić information content (AvgIpc) is 3.25. The van der Waals surface area contributed by atoms with Gasteiger partial charge in [-0.05, 0) is 24.3 Å². The first-order chi connectivity index (χ1) is 8.84. The number of hydrogen-bond acceptors (Lipinski definition) is 3. The van der Waals surface area contributed by atoms with Crippen molar-refractivity contribution in [3.63, 3.8) is 0 Å². The third kappa shape index (κ3) is 2.74. The fraction of sp³-hybridized carbons (Fsp3) is 0.600. The molecule has 2 aliphatic rings. The van der Waals surface area contributed by atoms with E-state index >= 15 is 0 Å². The Morgan fingerprint density at radius 2 is 2.06 bits per heavy atom. The van der Waals surface area contributed by atoms with Crippen LogP contribution in [0.25, 0.3) is 0 Å². The predicted molar refractivity (Wildman–Crippen MR) is 70.3 cm³/mol. The van der Waals surface area contributed by atoms with Crippen LogP contribution < -0.4 is 0 Å². The monoisotopic (exact) mass is 247 g/mol. The minimum absolute atomic E-state index is 0.384. The summed E-state index contributed by atoms with van der Waals surface area (Å²) < 4.78 is 5.58. The van der Waals surface area contributed by atoms with Crippen LogP contribution in [-0.4, -0.2) is 42.4 Å². The van der Waals surface area contributed by atoms with E-state index in [4.69, 9.17) is 4.74 Å². The van der Waals surface area contributed by atoms with Gasteiger partial charge >= 0.3 is 0 Å². The maximum absolute atomic E-state index is 10.3. The summed E-state index contributed by atoms with van der Waals surface area (Å²) in [6, 6.07) is 10.5. The quantitative estimate of drug-likeness (QED) is 0.881. The van der Waals surface area contributed by atoms with Crippen molar-refractivity contribution in [3.05, 3.63) is 35.9 Å². The summed E-state index contributed by atoms with van der Waals surface area (Å²) in [5.41, 5.74) is 1.01. The summed E-state index contributed by atoms with van der Waals surface area (Å²) >= 11 is 0. The third-order valence-corrected chi connectivity index (χ3v) is 4.04. The molecule has 98 valence electrons. The van der Waals surface area contributed by atoms with E-state index in [1.54, 1.807) is 0 Å². The lowest BCUT2D eigenvalue weighted by atomic mass is 10.1. The Bertz CT molecular complexity index is 377. The number of hydrogen-bond donors (Lipinski definition) is 1.